The van der Waals surface area contributed by atoms with E-state index < -0.39 is 11.1 Å². The average molecular weight is 430 g/mol. The van der Waals surface area contributed by atoms with E-state index in [-0.39, 0.29) is 24.3 Å². The number of nitrogens with one attached hydrogen (secondary N) is 1. The number of amides is 3. The van der Waals surface area contributed by atoms with Crippen LogP contribution in [0.15, 0.2) is 24.3 Å². The van der Waals surface area contributed by atoms with Gasteiger partial charge in [0.05, 0.1) is 17.2 Å². The molecule has 2 unspecified atom stereocenters. The summed E-state index contributed by atoms with van der Waals surface area (Å²) >= 11 is 0. The topological polar surface area (TPSA) is 82.1 Å². The summed E-state index contributed by atoms with van der Waals surface area (Å²) in [7, 11) is 3.37. The molecule has 0 spiro atoms. The van der Waals surface area contributed by atoms with Crippen molar-refractivity contribution in [3.05, 3.63) is 35.4 Å². The van der Waals surface area contributed by atoms with Crippen molar-refractivity contribution in [2.24, 2.45) is 0 Å². The molecule has 0 radical (unpaired) electrons. The third-order valence-corrected chi connectivity index (χ3v) is 5.13. The number of carbonyl (C=O) groups excluding carboxylic acids is 2. The molecule has 7 heteroatoms. The predicted molar refractivity (Wildman–Crippen MR) is 121 cm³/mol. The second-order valence-electron chi connectivity index (χ2n) is 9.50. The predicted octanol–water partition coefficient (Wildman–Crippen LogP) is 3.52. The Morgan fingerprint density at radius 1 is 1.29 bits per heavy atom. The standard InChI is InChI=1S/C24H35N3O4/c1-17(27-15-13-20(31-22(27)29)16-24(4,5)30)19-10-8-18(9-11-19)12-14-23(2,3)25-21(28)26(6)7/h8-11,17,20,30H,13,15-16H2,1-7H3,(H,25,28). The largest absolute Gasteiger partial charge is 0.446 e. The van der Waals surface area contributed by atoms with Crippen molar-refractivity contribution >= 4 is 12.1 Å². The molecule has 3 amide bonds. The molecule has 1 aromatic carbocycles. The number of aliphatic hydroxyl groups is 1. The molecule has 2 rings (SSSR count). The Hall–Kier alpha value is -2.72. The Kier molecular flexibility index (Phi) is 7.61. The quantitative estimate of drug-likeness (QED) is 0.702. The highest BCUT2D eigenvalue weighted by Crippen LogP contribution is 2.28. The van der Waals surface area contributed by atoms with Gasteiger partial charge in [-0.3, -0.25) is 0 Å². The molecule has 31 heavy (non-hydrogen) atoms. The minimum atomic E-state index is -0.862. The maximum absolute atomic E-state index is 12.5. The first-order valence-corrected chi connectivity index (χ1v) is 10.6. The highest BCUT2D eigenvalue weighted by Gasteiger charge is 2.33. The Labute approximate surface area is 185 Å². The second-order valence-corrected chi connectivity index (χ2v) is 9.50. The van der Waals surface area contributed by atoms with Gasteiger partial charge in [0.2, 0.25) is 0 Å². The number of urea groups is 1. The second kappa shape index (κ2) is 9.61. The van der Waals surface area contributed by atoms with Gasteiger partial charge in [-0.15, -0.1) is 0 Å². The number of carbonyl (C=O) groups is 2. The molecule has 7 nitrogen and oxygen atoms in total. The first kappa shape index (κ1) is 24.5. The SMILES string of the molecule is CC(c1ccc(C#CC(C)(C)NC(=O)N(C)C)cc1)N1CCC(CC(C)(C)O)OC1=O. The van der Waals surface area contributed by atoms with Crippen LogP contribution in [-0.4, -0.2) is 64.9 Å². The van der Waals surface area contributed by atoms with E-state index in [0.717, 1.165) is 11.1 Å². The van der Waals surface area contributed by atoms with Crippen molar-refractivity contribution in [1.82, 2.24) is 15.1 Å². The summed E-state index contributed by atoms with van der Waals surface area (Å²) < 4.78 is 5.53. The van der Waals surface area contributed by atoms with Crippen molar-refractivity contribution in [1.29, 1.82) is 0 Å². The van der Waals surface area contributed by atoms with Gasteiger partial charge in [0.1, 0.15) is 6.10 Å². The Morgan fingerprint density at radius 3 is 2.42 bits per heavy atom. The van der Waals surface area contributed by atoms with Crippen LogP contribution in [0.2, 0.25) is 0 Å². The first-order chi connectivity index (χ1) is 14.3. The lowest BCUT2D eigenvalue weighted by molar-refractivity contribution is -0.0309. The molecule has 1 saturated heterocycles. The first-order valence-electron chi connectivity index (χ1n) is 10.6. The summed E-state index contributed by atoms with van der Waals surface area (Å²) in [6.45, 7) is 9.70. The Morgan fingerprint density at radius 2 is 1.90 bits per heavy atom. The van der Waals surface area contributed by atoms with Gasteiger partial charge in [0.25, 0.3) is 0 Å². The van der Waals surface area contributed by atoms with Gasteiger partial charge < -0.3 is 25.0 Å². The van der Waals surface area contributed by atoms with Crippen LogP contribution in [0.25, 0.3) is 0 Å². The van der Waals surface area contributed by atoms with Crippen LogP contribution < -0.4 is 5.32 Å². The zero-order valence-corrected chi connectivity index (χ0v) is 19.7. The minimum Gasteiger partial charge on any atom is -0.446 e. The van der Waals surface area contributed by atoms with E-state index in [1.165, 1.54) is 4.90 Å². The Balaban J connectivity index is 2.01. The van der Waals surface area contributed by atoms with Crippen LogP contribution in [0.5, 0.6) is 0 Å². The summed E-state index contributed by atoms with van der Waals surface area (Å²) in [5.74, 6) is 6.19. The smallest absolute Gasteiger partial charge is 0.410 e. The van der Waals surface area contributed by atoms with Crippen molar-refractivity contribution in [2.45, 2.75) is 70.7 Å². The van der Waals surface area contributed by atoms with E-state index >= 15 is 0 Å². The molecule has 1 aliphatic rings. The lowest BCUT2D eigenvalue weighted by atomic mass is 9.97. The highest BCUT2D eigenvalue weighted by molar-refractivity contribution is 5.75. The van der Waals surface area contributed by atoms with E-state index in [1.54, 1.807) is 32.8 Å². The minimum absolute atomic E-state index is 0.131. The number of rotatable bonds is 5. The van der Waals surface area contributed by atoms with Gasteiger partial charge in [-0.2, -0.15) is 0 Å². The van der Waals surface area contributed by atoms with Gasteiger partial charge in [0, 0.05) is 39.0 Å². The van der Waals surface area contributed by atoms with Crippen molar-refractivity contribution < 1.29 is 19.4 Å². The number of benzene rings is 1. The van der Waals surface area contributed by atoms with Gasteiger partial charge in [-0.25, -0.2) is 9.59 Å². The number of ether oxygens (including phenoxy) is 1. The van der Waals surface area contributed by atoms with Gasteiger partial charge in [0.15, 0.2) is 0 Å². The van der Waals surface area contributed by atoms with Crippen LogP contribution in [0.1, 0.15) is 64.6 Å². The molecule has 1 aromatic rings. The zero-order chi connectivity index (χ0) is 23.4. The normalized spacial score (nSPS) is 17.9. The molecule has 0 aromatic heterocycles. The van der Waals surface area contributed by atoms with Crippen LogP contribution >= 0.6 is 0 Å². The highest BCUT2D eigenvalue weighted by atomic mass is 16.6. The molecular weight excluding hydrogens is 394 g/mol. The molecule has 1 fully saturated rings. The summed E-state index contributed by atoms with van der Waals surface area (Å²) in [4.78, 5) is 27.5. The summed E-state index contributed by atoms with van der Waals surface area (Å²) in [5.41, 5.74) is 0.294. The van der Waals surface area contributed by atoms with Crippen LogP contribution in [-0.2, 0) is 4.74 Å². The third kappa shape index (κ3) is 7.48. The fourth-order valence-electron chi connectivity index (χ4n) is 3.36. The molecule has 2 N–H and O–H groups in total. The van der Waals surface area contributed by atoms with Crippen LogP contribution in [0.3, 0.4) is 0 Å². The van der Waals surface area contributed by atoms with E-state index in [4.69, 9.17) is 4.74 Å². The fraction of sp³-hybridized carbons (Fsp3) is 0.583. The lowest BCUT2D eigenvalue weighted by Gasteiger charge is -2.37. The molecule has 1 heterocycles. The number of cyclic esters (lactones) is 1. The lowest BCUT2D eigenvalue weighted by Crippen LogP contribution is -2.47. The summed E-state index contributed by atoms with van der Waals surface area (Å²) in [6, 6.07) is 7.41. The number of hydrogen-bond donors (Lipinski definition) is 2. The van der Waals surface area contributed by atoms with Crippen molar-refractivity contribution in [3.8, 4) is 11.8 Å². The summed E-state index contributed by atoms with van der Waals surface area (Å²) in [6.07, 6.45) is 0.511. The van der Waals surface area contributed by atoms with E-state index in [1.807, 2.05) is 45.0 Å². The maximum atomic E-state index is 12.5. The van der Waals surface area contributed by atoms with Crippen molar-refractivity contribution in [2.75, 3.05) is 20.6 Å². The molecule has 0 bridgehead atoms. The molecule has 2 atom stereocenters. The Bertz CT molecular complexity index is 844. The number of nitrogens with zero attached hydrogens (tertiary/aromatic N) is 2. The van der Waals surface area contributed by atoms with Crippen LogP contribution in [0, 0.1) is 11.8 Å². The van der Waals surface area contributed by atoms with Gasteiger partial charge >= 0.3 is 12.1 Å². The third-order valence-electron chi connectivity index (χ3n) is 5.13. The van der Waals surface area contributed by atoms with Gasteiger partial charge in [-0.05, 0) is 52.3 Å². The van der Waals surface area contributed by atoms with Crippen molar-refractivity contribution in [3.63, 3.8) is 0 Å². The maximum Gasteiger partial charge on any atom is 0.410 e. The monoisotopic (exact) mass is 429 g/mol. The molecule has 0 saturated carbocycles. The molecule has 170 valence electrons. The number of hydrogen-bond acceptors (Lipinski definition) is 4. The summed E-state index contributed by atoms with van der Waals surface area (Å²) in [5, 5.41) is 12.8. The van der Waals surface area contributed by atoms with E-state index in [2.05, 4.69) is 17.2 Å². The van der Waals surface area contributed by atoms with Gasteiger partial charge in [-0.1, -0.05) is 24.0 Å². The van der Waals surface area contributed by atoms with Crippen LogP contribution in [0.4, 0.5) is 9.59 Å². The van der Waals surface area contributed by atoms with E-state index in [9.17, 15) is 14.7 Å². The van der Waals surface area contributed by atoms with E-state index in [0.29, 0.717) is 19.4 Å². The molecule has 1 aliphatic heterocycles. The molecule has 0 aliphatic carbocycles. The fourth-order valence-corrected chi connectivity index (χ4v) is 3.36. The average Bonchev–Trinajstić information content (AvgIpc) is 2.65. The molecular formula is C24H35N3O4. The zero-order valence-electron chi connectivity index (χ0n) is 19.7.